The number of nitrogens with zero attached hydrogens (tertiary/aromatic N) is 5. The van der Waals surface area contributed by atoms with Crippen LogP contribution in [0.1, 0.15) is 33.4 Å². The van der Waals surface area contributed by atoms with Gasteiger partial charge in [-0.25, -0.2) is 0 Å². The number of non-ortho nitro benzene ring substituents is 2. The summed E-state index contributed by atoms with van der Waals surface area (Å²) in [5.41, 5.74) is 12.2. The number of allylic oxidation sites excluding steroid dienone is 2. The Bertz CT molecular complexity index is 2490. The summed E-state index contributed by atoms with van der Waals surface area (Å²) in [5.74, 6) is 0. The first-order chi connectivity index (χ1) is 26.8. The molecule has 10 heteroatoms. The fraction of sp³-hybridized carbons (Fsp3) is 0.0667. The van der Waals surface area contributed by atoms with Crippen LogP contribution in [0.2, 0.25) is 0 Å². The number of fused-ring (bicyclic) bond motifs is 2. The summed E-state index contributed by atoms with van der Waals surface area (Å²) in [5, 5.41) is 25.2. The molecule has 10 nitrogen and oxygen atoms in total. The molecule has 0 spiro atoms. The Morgan fingerprint density at radius 2 is 1.05 bits per heavy atom. The Kier molecular flexibility index (Phi) is 10.8. The third-order valence-corrected chi connectivity index (χ3v) is 9.21. The molecule has 0 radical (unpaired) electrons. The minimum absolute atomic E-state index is 0.0674. The summed E-state index contributed by atoms with van der Waals surface area (Å²) in [6.45, 7) is 1.27. The first kappa shape index (κ1) is 35.9. The third-order valence-electron chi connectivity index (χ3n) is 9.21. The molecule has 0 aliphatic carbocycles. The average Bonchev–Trinajstić information content (AvgIpc) is 3.83. The van der Waals surface area contributed by atoms with Crippen LogP contribution in [0.5, 0.6) is 0 Å². The van der Waals surface area contributed by atoms with Gasteiger partial charge >= 0.3 is 0 Å². The van der Waals surface area contributed by atoms with Gasteiger partial charge < -0.3 is 10.2 Å². The van der Waals surface area contributed by atoms with Gasteiger partial charge in [-0.15, -0.1) is 0 Å². The Morgan fingerprint density at radius 3 is 1.65 bits per heavy atom. The van der Waals surface area contributed by atoms with Crippen molar-refractivity contribution in [3.8, 4) is 0 Å². The maximum absolute atomic E-state index is 11.0. The zero-order chi connectivity index (χ0) is 38.1. The van der Waals surface area contributed by atoms with Crippen LogP contribution in [0.25, 0.3) is 12.2 Å². The summed E-state index contributed by atoms with van der Waals surface area (Å²) in [7, 11) is 1.91. The number of nitrogens with one attached hydrogen (secondary N) is 1. The number of benzene rings is 6. The highest BCUT2D eigenvalue weighted by Crippen LogP contribution is 2.31. The fourth-order valence-corrected chi connectivity index (χ4v) is 6.32. The molecule has 0 unspecified atom stereocenters. The summed E-state index contributed by atoms with van der Waals surface area (Å²) in [4.78, 5) is 32.4. The Labute approximate surface area is 318 Å². The van der Waals surface area contributed by atoms with Crippen molar-refractivity contribution < 1.29 is 9.85 Å². The van der Waals surface area contributed by atoms with Crippen LogP contribution in [0.4, 0.5) is 34.1 Å². The van der Waals surface area contributed by atoms with Gasteiger partial charge in [-0.05, 0) is 70.8 Å². The van der Waals surface area contributed by atoms with Gasteiger partial charge in [-0.2, -0.15) is 0 Å². The first-order valence-electron chi connectivity index (χ1n) is 17.6. The van der Waals surface area contributed by atoms with Gasteiger partial charge in [0.1, 0.15) is 0 Å². The van der Waals surface area contributed by atoms with Gasteiger partial charge in [0, 0.05) is 65.2 Å². The summed E-state index contributed by atoms with van der Waals surface area (Å²) >= 11 is 0. The second-order valence-electron chi connectivity index (χ2n) is 12.9. The predicted molar refractivity (Wildman–Crippen MR) is 222 cm³/mol. The predicted octanol–water partition coefficient (Wildman–Crippen LogP) is 10.7. The number of rotatable bonds is 10. The van der Waals surface area contributed by atoms with Crippen LogP contribution in [-0.2, 0) is 13.1 Å². The number of nitro groups is 2. The Morgan fingerprint density at radius 1 is 0.545 bits per heavy atom. The molecule has 0 saturated carbocycles. The molecule has 0 amide bonds. The lowest BCUT2D eigenvalue weighted by atomic mass is 10.0. The molecule has 2 aliphatic rings. The normalized spacial score (nSPS) is 12.7. The van der Waals surface area contributed by atoms with Crippen LogP contribution in [0.3, 0.4) is 0 Å². The highest BCUT2D eigenvalue weighted by Gasteiger charge is 2.17. The van der Waals surface area contributed by atoms with Gasteiger partial charge in [0.05, 0.1) is 34.4 Å². The van der Waals surface area contributed by atoms with Crippen LogP contribution in [0.15, 0.2) is 168 Å². The molecule has 6 aromatic carbocycles. The van der Waals surface area contributed by atoms with Gasteiger partial charge in [0.25, 0.3) is 11.4 Å². The minimum Gasteiger partial charge on any atom is -0.355 e. The monoisotopic (exact) mass is 724 g/mol. The quantitative estimate of drug-likeness (QED) is 0.111. The molecule has 2 aliphatic heterocycles. The van der Waals surface area contributed by atoms with Crippen molar-refractivity contribution in [2.24, 2.45) is 9.98 Å². The molecule has 6 aromatic rings. The molecular weight excluding hydrogens is 689 g/mol. The number of aliphatic imine (C=N–C) groups is 2. The van der Waals surface area contributed by atoms with Gasteiger partial charge in [-0.1, -0.05) is 97.1 Å². The average molecular weight is 725 g/mol. The summed E-state index contributed by atoms with van der Waals surface area (Å²) in [6, 6.07) is 45.6. The number of hydrogen-bond acceptors (Lipinski definition) is 8. The van der Waals surface area contributed by atoms with E-state index in [-0.39, 0.29) is 16.3 Å². The number of hydrogen-bond donors (Lipinski definition) is 1. The standard InChI is InChI=1S/C23H19N3O2.C22H17N3O2/c1-25(19-8-5-9-21(15-19)26(27)28)20-11-12-22-18(14-20)16-24-23(22)13-10-17-6-3-2-4-7-17;26-25(27)20-8-4-7-18(14-20)24-19-10-11-21-17(13-19)15-23-22(21)12-9-16-5-2-1-3-6-16/h2-15H,16H2,1H3;1-14,24H,15H2/b13-10+;12-9+. The Hall–Kier alpha value is -7.46. The van der Waals surface area contributed by atoms with Crippen molar-refractivity contribution in [1.29, 1.82) is 0 Å². The molecule has 0 aromatic heterocycles. The van der Waals surface area contributed by atoms with Gasteiger partial charge in [0.15, 0.2) is 0 Å². The molecule has 55 heavy (non-hydrogen) atoms. The van der Waals surface area contributed by atoms with E-state index in [1.54, 1.807) is 18.2 Å². The van der Waals surface area contributed by atoms with E-state index in [1.165, 1.54) is 18.2 Å². The maximum Gasteiger partial charge on any atom is 0.271 e. The lowest BCUT2D eigenvalue weighted by molar-refractivity contribution is -0.385. The molecular formula is C45H36N6O4. The van der Waals surface area contributed by atoms with Crippen LogP contribution in [-0.4, -0.2) is 28.3 Å². The second kappa shape index (κ2) is 16.5. The molecule has 8 rings (SSSR count). The third kappa shape index (κ3) is 8.78. The van der Waals surface area contributed by atoms with Crippen molar-refractivity contribution in [1.82, 2.24) is 0 Å². The topological polar surface area (TPSA) is 126 Å². The smallest absolute Gasteiger partial charge is 0.271 e. The van der Waals surface area contributed by atoms with E-state index >= 15 is 0 Å². The van der Waals surface area contributed by atoms with E-state index in [4.69, 9.17) is 0 Å². The molecule has 0 saturated heterocycles. The molecule has 0 fully saturated rings. The van der Waals surface area contributed by atoms with E-state index in [1.807, 2.05) is 96.9 Å². The van der Waals surface area contributed by atoms with Gasteiger partial charge in [0.2, 0.25) is 0 Å². The van der Waals surface area contributed by atoms with Crippen molar-refractivity contribution in [3.05, 3.63) is 211 Å². The largest absolute Gasteiger partial charge is 0.355 e. The zero-order valence-corrected chi connectivity index (χ0v) is 29.9. The zero-order valence-electron chi connectivity index (χ0n) is 29.9. The molecule has 270 valence electrons. The maximum atomic E-state index is 11.0. The van der Waals surface area contributed by atoms with Crippen LogP contribution in [0, 0.1) is 20.2 Å². The lowest BCUT2D eigenvalue weighted by Crippen LogP contribution is -2.10. The SMILES string of the molecule is CN(c1cccc([N+](=O)[O-])c1)c1ccc2c(c1)CN=C2/C=C/c1ccccc1.O=[N+]([O-])c1cccc(Nc2ccc3c(c2)CN=C3/C=C/c2ccccc2)c1. The highest BCUT2D eigenvalue weighted by atomic mass is 16.6. The number of anilines is 4. The first-order valence-corrected chi connectivity index (χ1v) is 17.6. The highest BCUT2D eigenvalue weighted by molar-refractivity contribution is 6.14. The van der Waals surface area contributed by atoms with E-state index in [0.717, 1.165) is 61.9 Å². The number of nitro benzene ring substituents is 2. The van der Waals surface area contributed by atoms with E-state index in [9.17, 15) is 20.2 Å². The second-order valence-corrected chi connectivity index (χ2v) is 12.9. The van der Waals surface area contributed by atoms with Crippen molar-refractivity contribution in [2.75, 3.05) is 17.3 Å². The summed E-state index contributed by atoms with van der Waals surface area (Å²) < 4.78 is 0. The Balaban J connectivity index is 0.000000169. The minimum atomic E-state index is -0.396. The molecule has 1 N–H and O–H groups in total. The van der Waals surface area contributed by atoms with Crippen LogP contribution >= 0.6 is 0 Å². The lowest BCUT2D eigenvalue weighted by Gasteiger charge is -2.20. The molecule has 0 atom stereocenters. The van der Waals surface area contributed by atoms with E-state index in [0.29, 0.717) is 18.8 Å². The van der Waals surface area contributed by atoms with Crippen molar-refractivity contribution >= 4 is 57.7 Å². The summed E-state index contributed by atoms with van der Waals surface area (Å²) in [6.07, 6.45) is 8.21. The van der Waals surface area contributed by atoms with Gasteiger partial charge in [-0.3, -0.25) is 30.2 Å². The van der Waals surface area contributed by atoms with Crippen molar-refractivity contribution in [2.45, 2.75) is 13.1 Å². The van der Waals surface area contributed by atoms with E-state index < -0.39 is 4.92 Å². The molecule has 0 bridgehead atoms. The van der Waals surface area contributed by atoms with Crippen LogP contribution < -0.4 is 10.2 Å². The fourth-order valence-electron chi connectivity index (χ4n) is 6.32. The molecule has 2 heterocycles. The van der Waals surface area contributed by atoms with Crippen molar-refractivity contribution in [3.63, 3.8) is 0 Å². The van der Waals surface area contributed by atoms with E-state index in [2.05, 4.69) is 63.9 Å².